The van der Waals surface area contributed by atoms with Crippen LogP contribution < -0.4 is 0 Å². The van der Waals surface area contributed by atoms with Crippen molar-refractivity contribution in [1.82, 2.24) is 4.31 Å². The molecule has 0 aromatic carbocycles. The van der Waals surface area contributed by atoms with Gasteiger partial charge in [-0.15, -0.1) is 11.6 Å². The fourth-order valence-electron chi connectivity index (χ4n) is 1.84. The Morgan fingerprint density at radius 3 is 2.84 bits per heavy atom. The predicted octanol–water partition coefficient (Wildman–Crippen LogP) is 1.32. The summed E-state index contributed by atoms with van der Waals surface area (Å²) in [5.41, 5.74) is 0. The molecule has 5 nitrogen and oxygen atoms in total. The van der Waals surface area contributed by atoms with Crippen molar-refractivity contribution >= 4 is 39.4 Å². The molecule has 1 aliphatic rings. The van der Waals surface area contributed by atoms with Crippen LogP contribution >= 0.6 is 23.4 Å². The number of alkyl halides is 1. The average Bonchev–Trinajstić information content (AvgIpc) is 2.39. The van der Waals surface area contributed by atoms with Crippen LogP contribution in [0.25, 0.3) is 0 Å². The van der Waals surface area contributed by atoms with Crippen molar-refractivity contribution in [2.75, 3.05) is 36.3 Å². The fourth-order valence-corrected chi connectivity index (χ4v) is 4.99. The molecule has 8 heteroatoms. The summed E-state index contributed by atoms with van der Waals surface area (Å²) in [6.07, 6.45) is 1.18. The van der Waals surface area contributed by atoms with Crippen molar-refractivity contribution < 1.29 is 17.9 Å². The van der Waals surface area contributed by atoms with Crippen LogP contribution in [0, 0.1) is 0 Å². The molecular weight excluding hydrogens is 310 g/mol. The molecule has 0 bridgehead atoms. The number of nitrogens with zero attached hydrogens (tertiary/aromatic N) is 1. The van der Waals surface area contributed by atoms with Gasteiger partial charge in [0.15, 0.2) is 0 Å². The van der Waals surface area contributed by atoms with Crippen LogP contribution in [0.3, 0.4) is 0 Å². The molecule has 0 N–H and O–H groups in total. The number of halogens is 1. The molecule has 112 valence electrons. The third-order valence-electron chi connectivity index (χ3n) is 2.78. The van der Waals surface area contributed by atoms with Gasteiger partial charge in [0.25, 0.3) is 0 Å². The van der Waals surface area contributed by atoms with Gasteiger partial charge in [-0.2, -0.15) is 16.1 Å². The Hall–Kier alpha value is 0.0200. The van der Waals surface area contributed by atoms with Gasteiger partial charge in [0.1, 0.15) is 6.04 Å². The Kier molecular flexibility index (Phi) is 7.49. The third-order valence-corrected chi connectivity index (χ3v) is 6.03. The topological polar surface area (TPSA) is 63.7 Å². The van der Waals surface area contributed by atoms with Gasteiger partial charge < -0.3 is 4.74 Å². The third kappa shape index (κ3) is 5.13. The van der Waals surface area contributed by atoms with Crippen molar-refractivity contribution in [3.8, 4) is 0 Å². The lowest BCUT2D eigenvalue weighted by atomic mass is 10.3. The molecule has 1 atom stereocenters. The lowest BCUT2D eigenvalue weighted by molar-refractivity contribution is -0.146. The van der Waals surface area contributed by atoms with E-state index >= 15 is 0 Å². The zero-order chi connectivity index (χ0) is 14.3. The van der Waals surface area contributed by atoms with Gasteiger partial charge in [0, 0.05) is 23.9 Å². The summed E-state index contributed by atoms with van der Waals surface area (Å²) in [4.78, 5) is 11.8. The molecule has 1 heterocycles. The fraction of sp³-hybridized carbons (Fsp3) is 0.909. The average molecular weight is 330 g/mol. The number of ether oxygens (including phenoxy) is 1. The largest absolute Gasteiger partial charge is 0.465 e. The summed E-state index contributed by atoms with van der Waals surface area (Å²) in [5, 5.41) is 0. The van der Waals surface area contributed by atoms with E-state index in [9.17, 15) is 13.2 Å². The lowest BCUT2D eigenvalue weighted by Crippen LogP contribution is -2.51. The van der Waals surface area contributed by atoms with Crippen LogP contribution in [0.2, 0.25) is 0 Å². The van der Waals surface area contributed by atoms with Gasteiger partial charge >= 0.3 is 5.97 Å². The summed E-state index contributed by atoms with van der Waals surface area (Å²) >= 11 is 7.13. The van der Waals surface area contributed by atoms with Gasteiger partial charge in [-0.25, -0.2) is 8.42 Å². The van der Waals surface area contributed by atoms with Crippen LogP contribution in [0.4, 0.5) is 0 Å². The molecule has 1 aliphatic heterocycles. The molecule has 0 saturated carbocycles. The summed E-state index contributed by atoms with van der Waals surface area (Å²) in [7, 11) is -3.41. The van der Waals surface area contributed by atoms with E-state index < -0.39 is 22.0 Å². The van der Waals surface area contributed by atoms with E-state index in [1.54, 1.807) is 18.7 Å². The highest BCUT2D eigenvalue weighted by Gasteiger charge is 2.37. The SMILES string of the molecule is CCOC(=O)C1CSCCN1S(=O)(=O)CCCCCl. The number of rotatable bonds is 7. The van der Waals surface area contributed by atoms with Gasteiger partial charge in [0.2, 0.25) is 10.0 Å². The zero-order valence-electron chi connectivity index (χ0n) is 11.0. The number of sulfonamides is 1. The smallest absolute Gasteiger partial charge is 0.325 e. The van der Waals surface area contributed by atoms with E-state index in [-0.39, 0.29) is 12.4 Å². The lowest BCUT2D eigenvalue weighted by Gasteiger charge is -2.32. The molecule has 19 heavy (non-hydrogen) atoms. The Bertz CT molecular complexity index is 388. The monoisotopic (exact) mass is 329 g/mol. The Morgan fingerprint density at radius 1 is 1.47 bits per heavy atom. The molecule has 1 rings (SSSR count). The minimum absolute atomic E-state index is 0.0420. The maximum Gasteiger partial charge on any atom is 0.325 e. The summed E-state index contributed by atoms with van der Waals surface area (Å²) in [5.74, 6) is 1.22. The van der Waals surface area contributed by atoms with Gasteiger partial charge in [-0.1, -0.05) is 0 Å². The Balaban J connectivity index is 2.72. The molecule has 0 radical (unpaired) electrons. The maximum atomic E-state index is 12.2. The van der Waals surface area contributed by atoms with E-state index in [4.69, 9.17) is 16.3 Å². The molecule has 1 unspecified atom stereocenters. The van der Waals surface area contributed by atoms with E-state index in [0.717, 1.165) is 0 Å². The Labute approximate surface area is 124 Å². The normalized spacial score (nSPS) is 21.3. The second kappa shape index (κ2) is 8.34. The second-order valence-corrected chi connectivity index (χ2v) is 7.73. The Morgan fingerprint density at radius 2 is 2.21 bits per heavy atom. The molecule has 0 aromatic rings. The first kappa shape index (κ1) is 17.1. The molecule has 0 aromatic heterocycles. The van der Waals surface area contributed by atoms with Crippen molar-refractivity contribution in [1.29, 1.82) is 0 Å². The van der Waals surface area contributed by atoms with E-state index in [1.165, 1.54) is 4.31 Å². The number of thioether (sulfide) groups is 1. The molecule has 0 amide bonds. The second-order valence-electron chi connectivity index (χ2n) is 4.17. The highest BCUT2D eigenvalue weighted by atomic mass is 35.5. The van der Waals surface area contributed by atoms with E-state index in [2.05, 4.69) is 0 Å². The molecule has 1 saturated heterocycles. The van der Waals surface area contributed by atoms with Crippen LogP contribution in [0.1, 0.15) is 19.8 Å². The summed E-state index contributed by atoms with van der Waals surface area (Å²) in [6, 6.07) is -0.681. The number of carbonyl (C=O) groups is 1. The first-order valence-electron chi connectivity index (χ1n) is 6.32. The zero-order valence-corrected chi connectivity index (χ0v) is 13.4. The van der Waals surface area contributed by atoms with Gasteiger partial charge in [0.05, 0.1) is 12.4 Å². The maximum absolute atomic E-state index is 12.2. The van der Waals surface area contributed by atoms with Crippen molar-refractivity contribution in [2.45, 2.75) is 25.8 Å². The van der Waals surface area contributed by atoms with Crippen LogP contribution in [0.15, 0.2) is 0 Å². The number of hydrogen-bond acceptors (Lipinski definition) is 5. The number of esters is 1. The number of carbonyl (C=O) groups excluding carboxylic acids is 1. The summed E-state index contributed by atoms with van der Waals surface area (Å²) in [6.45, 7) is 2.35. The first-order chi connectivity index (χ1) is 9.03. The number of hydrogen-bond donors (Lipinski definition) is 0. The first-order valence-corrected chi connectivity index (χ1v) is 9.62. The minimum Gasteiger partial charge on any atom is -0.465 e. The van der Waals surface area contributed by atoms with Crippen molar-refractivity contribution in [3.63, 3.8) is 0 Å². The minimum atomic E-state index is -3.41. The van der Waals surface area contributed by atoms with Gasteiger partial charge in [-0.3, -0.25) is 4.79 Å². The predicted molar refractivity (Wildman–Crippen MR) is 78.2 cm³/mol. The van der Waals surface area contributed by atoms with Crippen LogP contribution in [-0.4, -0.2) is 61.0 Å². The molecule has 1 fully saturated rings. The quantitative estimate of drug-likeness (QED) is 0.400. The van der Waals surface area contributed by atoms with Crippen LogP contribution in [-0.2, 0) is 19.6 Å². The molecule has 0 spiro atoms. The number of unbranched alkanes of at least 4 members (excludes halogenated alkanes) is 1. The van der Waals surface area contributed by atoms with Gasteiger partial charge in [-0.05, 0) is 19.8 Å². The molecular formula is C11H20ClNO4S2. The van der Waals surface area contributed by atoms with E-state index in [0.29, 0.717) is 36.8 Å². The highest BCUT2D eigenvalue weighted by molar-refractivity contribution is 7.99. The van der Waals surface area contributed by atoms with Crippen LogP contribution in [0.5, 0.6) is 0 Å². The highest BCUT2D eigenvalue weighted by Crippen LogP contribution is 2.21. The van der Waals surface area contributed by atoms with Crippen molar-refractivity contribution in [3.05, 3.63) is 0 Å². The van der Waals surface area contributed by atoms with Crippen molar-refractivity contribution in [2.24, 2.45) is 0 Å². The standard InChI is InChI=1S/C11H20ClNO4S2/c1-2-17-11(14)10-9-18-7-6-13(10)19(15,16)8-4-3-5-12/h10H,2-9H2,1H3. The van der Waals surface area contributed by atoms with E-state index in [1.807, 2.05) is 0 Å². The molecule has 0 aliphatic carbocycles. The summed E-state index contributed by atoms with van der Waals surface area (Å²) < 4.78 is 30.7.